The van der Waals surface area contributed by atoms with Crippen molar-refractivity contribution >= 4 is 11.3 Å². The Bertz CT molecular complexity index is 298. The van der Waals surface area contributed by atoms with E-state index in [1.807, 2.05) is 6.92 Å². The van der Waals surface area contributed by atoms with E-state index in [2.05, 4.69) is 26.0 Å². The van der Waals surface area contributed by atoms with Gasteiger partial charge >= 0.3 is 0 Å². The molecule has 2 nitrogen and oxygen atoms in total. The zero-order valence-corrected chi connectivity index (χ0v) is 10.6. The van der Waals surface area contributed by atoms with Gasteiger partial charge in [-0.1, -0.05) is 13.8 Å². The molecule has 1 aromatic rings. The van der Waals surface area contributed by atoms with E-state index in [1.165, 1.54) is 9.75 Å². The lowest BCUT2D eigenvalue weighted by atomic mass is 9.97. The number of thiophene rings is 1. The summed E-state index contributed by atoms with van der Waals surface area (Å²) in [6.45, 7) is 6.26. The van der Waals surface area contributed by atoms with Crippen LogP contribution in [0.5, 0.6) is 0 Å². The van der Waals surface area contributed by atoms with Crippen molar-refractivity contribution in [2.24, 2.45) is 5.73 Å². The molecule has 0 radical (unpaired) electrons. The van der Waals surface area contributed by atoms with E-state index in [9.17, 15) is 5.11 Å². The van der Waals surface area contributed by atoms with E-state index >= 15 is 0 Å². The Hall–Kier alpha value is -0.380. The van der Waals surface area contributed by atoms with Crippen molar-refractivity contribution in [3.05, 3.63) is 21.9 Å². The predicted octanol–water partition coefficient (Wildman–Crippen LogP) is 2.65. The van der Waals surface area contributed by atoms with E-state index in [4.69, 9.17) is 5.73 Å². The molecule has 0 spiro atoms. The minimum absolute atomic E-state index is 0.0893. The summed E-state index contributed by atoms with van der Waals surface area (Å²) in [6, 6.07) is 4.19. The van der Waals surface area contributed by atoms with Gasteiger partial charge in [-0.25, -0.2) is 0 Å². The molecule has 1 rings (SSSR count). The Morgan fingerprint density at radius 2 is 2.13 bits per heavy atom. The average molecular weight is 227 g/mol. The maximum Gasteiger partial charge on any atom is 0.0697 e. The van der Waals surface area contributed by atoms with Gasteiger partial charge in [0.25, 0.3) is 0 Å². The molecular formula is C12H21NOS. The molecule has 0 aliphatic heterocycles. The van der Waals surface area contributed by atoms with Gasteiger partial charge in [0.1, 0.15) is 0 Å². The van der Waals surface area contributed by atoms with Gasteiger partial charge < -0.3 is 10.8 Å². The molecule has 3 unspecified atom stereocenters. The maximum absolute atomic E-state index is 9.84. The normalized spacial score (nSPS) is 17.4. The molecule has 86 valence electrons. The summed E-state index contributed by atoms with van der Waals surface area (Å²) in [5, 5.41) is 9.84. The van der Waals surface area contributed by atoms with Gasteiger partial charge in [-0.3, -0.25) is 0 Å². The summed E-state index contributed by atoms with van der Waals surface area (Å²) in [4.78, 5) is 2.67. The van der Waals surface area contributed by atoms with E-state index in [0.29, 0.717) is 5.92 Å². The summed E-state index contributed by atoms with van der Waals surface area (Å²) in [6.07, 6.45) is 1.21. The summed E-state index contributed by atoms with van der Waals surface area (Å²) in [5.74, 6) is 0.399. The van der Waals surface area contributed by atoms with Crippen LogP contribution in [0.4, 0.5) is 0 Å². The lowest BCUT2D eigenvalue weighted by Gasteiger charge is -2.20. The number of hydrogen-bond donors (Lipinski definition) is 2. The van der Waals surface area contributed by atoms with E-state index < -0.39 is 0 Å². The first-order chi connectivity index (χ1) is 7.04. The number of hydrogen-bond acceptors (Lipinski definition) is 3. The standard InChI is InChI=1S/C12H21NOS/c1-4-10(13)11(14)7-8(2)12-6-5-9(3)15-12/h5-6,8,10-11,14H,4,7,13H2,1-3H3. The first-order valence-corrected chi connectivity index (χ1v) is 6.36. The average Bonchev–Trinajstić information content (AvgIpc) is 2.63. The topological polar surface area (TPSA) is 46.2 Å². The second-order valence-corrected chi connectivity index (χ2v) is 5.54. The number of aliphatic hydroxyl groups excluding tert-OH is 1. The van der Waals surface area contributed by atoms with Crippen LogP contribution in [-0.2, 0) is 0 Å². The highest BCUT2D eigenvalue weighted by atomic mass is 32.1. The van der Waals surface area contributed by atoms with Crippen molar-refractivity contribution in [2.45, 2.75) is 51.7 Å². The third-order valence-corrected chi connectivity index (χ3v) is 4.04. The van der Waals surface area contributed by atoms with Gasteiger partial charge in [0, 0.05) is 15.8 Å². The summed E-state index contributed by atoms with van der Waals surface area (Å²) < 4.78 is 0. The lowest BCUT2D eigenvalue weighted by Crippen LogP contribution is -2.34. The van der Waals surface area contributed by atoms with Crippen LogP contribution in [-0.4, -0.2) is 17.3 Å². The molecule has 1 heterocycles. The lowest BCUT2D eigenvalue weighted by molar-refractivity contribution is 0.127. The van der Waals surface area contributed by atoms with Gasteiger partial charge in [-0.15, -0.1) is 11.3 Å². The first-order valence-electron chi connectivity index (χ1n) is 5.54. The van der Waals surface area contributed by atoms with E-state index in [-0.39, 0.29) is 12.1 Å². The van der Waals surface area contributed by atoms with Crippen LogP contribution < -0.4 is 5.73 Å². The molecule has 0 amide bonds. The Kier molecular flexibility index (Phi) is 4.77. The third kappa shape index (κ3) is 3.59. The van der Waals surface area contributed by atoms with Crippen molar-refractivity contribution < 1.29 is 5.11 Å². The highest BCUT2D eigenvalue weighted by Crippen LogP contribution is 2.28. The predicted molar refractivity (Wildman–Crippen MR) is 66.4 cm³/mol. The van der Waals surface area contributed by atoms with Gasteiger partial charge in [0.2, 0.25) is 0 Å². The van der Waals surface area contributed by atoms with Crippen LogP contribution in [0.15, 0.2) is 12.1 Å². The molecule has 0 aromatic carbocycles. The van der Waals surface area contributed by atoms with Crippen LogP contribution >= 0.6 is 11.3 Å². The van der Waals surface area contributed by atoms with Crippen molar-refractivity contribution in [3.8, 4) is 0 Å². The van der Waals surface area contributed by atoms with Crippen molar-refractivity contribution in [1.82, 2.24) is 0 Å². The molecule has 3 heteroatoms. The molecule has 3 atom stereocenters. The molecule has 0 saturated heterocycles. The fourth-order valence-electron chi connectivity index (χ4n) is 1.64. The summed E-state index contributed by atoms with van der Waals surface area (Å²) in [5.41, 5.74) is 5.80. The Morgan fingerprint density at radius 1 is 1.47 bits per heavy atom. The Morgan fingerprint density at radius 3 is 2.60 bits per heavy atom. The van der Waals surface area contributed by atoms with Crippen LogP contribution in [0.3, 0.4) is 0 Å². The maximum atomic E-state index is 9.84. The van der Waals surface area contributed by atoms with Gasteiger partial charge in [0.15, 0.2) is 0 Å². The van der Waals surface area contributed by atoms with Crippen molar-refractivity contribution in [1.29, 1.82) is 0 Å². The quantitative estimate of drug-likeness (QED) is 0.812. The second-order valence-electron chi connectivity index (χ2n) is 4.22. The first kappa shape index (κ1) is 12.7. The largest absolute Gasteiger partial charge is 0.391 e. The molecule has 0 aliphatic carbocycles. The number of nitrogens with two attached hydrogens (primary N) is 1. The molecule has 3 N–H and O–H groups in total. The molecular weight excluding hydrogens is 206 g/mol. The second kappa shape index (κ2) is 5.64. The van der Waals surface area contributed by atoms with Crippen molar-refractivity contribution in [3.63, 3.8) is 0 Å². The van der Waals surface area contributed by atoms with E-state index in [1.54, 1.807) is 11.3 Å². The molecule has 0 fully saturated rings. The molecule has 15 heavy (non-hydrogen) atoms. The molecule has 1 aromatic heterocycles. The SMILES string of the molecule is CCC(N)C(O)CC(C)c1ccc(C)s1. The van der Waals surface area contributed by atoms with Crippen LogP contribution in [0.1, 0.15) is 42.4 Å². The number of aliphatic hydroxyl groups is 1. The zero-order valence-electron chi connectivity index (χ0n) is 9.73. The number of aryl methyl sites for hydroxylation is 1. The fraction of sp³-hybridized carbons (Fsp3) is 0.667. The van der Waals surface area contributed by atoms with Gasteiger partial charge in [0.05, 0.1) is 6.10 Å². The molecule has 0 aliphatic rings. The van der Waals surface area contributed by atoms with Crippen LogP contribution in [0.25, 0.3) is 0 Å². The van der Waals surface area contributed by atoms with Crippen LogP contribution in [0, 0.1) is 6.92 Å². The molecule has 0 bridgehead atoms. The van der Waals surface area contributed by atoms with Crippen molar-refractivity contribution in [2.75, 3.05) is 0 Å². The summed E-state index contributed by atoms with van der Waals surface area (Å²) in [7, 11) is 0. The zero-order chi connectivity index (χ0) is 11.4. The molecule has 0 saturated carbocycles. The highest BCUT2D eigenvalue weighted by molar-refractivity contribution is 7.12. The van der Waals surface area contributed by atoms with Gasteiger partial charge in [-0.2, -0.15) is 0 Å². The highest BCUT2D eigenvalue weighted by Gasteiger charge is 2.18. The summed E-state index contributed by atoms with van der Waals surface area (Å²) >= 11 is 1.81. The minimum atomic E-state index is -0.382. The Labute approximate surface area is 96.1 Å². The monoisotopic (exact) mass is 227 g/mol. The smallest absolute Gasteiger partial charge is 0.0697 e. The Balaban J connectivity index is 2.52. The fourth-order valence-corrected chi connectivity index (χ4v) is 2.58. The number of rotatable bonds is 5. The van der Waals surface area contributed by atoms with Crippen LogP contribution in [0.2, 0.25) is 0 Å². The van der Waals surface area contributed by atoms with Gasteiger partial charge in [-0.05, 0) is 37.8 Å². The minimum Gasteiger partial charge on any atom is -0.391 e. The van der Waals surface area contributed by atoms with E-state index in [0.717, 1.165) is 12.8 Å². The third-order valence-electron chi connectivity index (χ3n) is 2.81.